The van der Waals surface area contributed by atoms with Crippen LogP contribution < -0.4 is 5.32 Å². The highest BCUT2D eigenvalue weighted by molar-refractivity contribution is 5.87. The van der Waals surface area contributed by atoms with Crippen LogP contribution in [0.3, 0.4) is 0 Å². The summed E-state index contributed by atoms with van der Waals surface area (Å²) < 4.78 is 0. The molecule has 0 spiro atoms. The van der Waals surface area contributed by atoms with E-state index in [1.54, 1.807) is 0 Å². The van der Waals surface area contributed by atoms with Crippen molar-refractivity contribution in [3.8, 4) is 0 Å². The smallest absolute Gasteiger partial charge is 0.161 e. The topological polar surface area (TPSA) is 73.8 Å². The van der Waals surface area contributed by atoms with E-state index in [4.69, 9.17) is 0 Å². The third kappa shape index (κ3) is 2.39. The first-order chi connectivity index (χ1) is 8.11. The van der Waals surface area contributed by atoms with Crippen molar-refractivity contribution in [1.29, 1.82) is 0 Å². The van der Waals surface area contributed by atoms with Crippen LogP contribution in [0, 0.1) is 0 Å². The first-order valence-electron chi connectivity index (χ1n) is 5.91. The highest BCUT2D eigenvalue weighted by Gasteiger charge is 2.14. The number of H-pyrrole nitrogens is 1. The average molecular weight is 234 g/mol. The summed E-state index contributed by atoms with van der Waals surface area (Å²) in [6.07, 6.45) is 1.82. The van der Waals surface area contributed by atoms with E-state index in [1.165, 1.54) is 0 Å². The Morgan fingerprint density at radius 3 is 2.82 bits per heavy atom. The number of aromatic nitrogens is 3. The molecule has 1 atom stereocenters. The van der Waals surface area contributed by atoms with Gasteiger partial charge in [-0.25, -0.2) is 9.97 Å². The Kier molecular flexibility index (Phi) is 3.28. The van der Waals surface area contributed by atoms with Gasteiger partial charge in [0.1, 0.15) is 17.6 Å². The van der Waals surface area contributed by atoms with Crippen molar-refractivity contribution < 1.29 is 5.11 Å². The molecule has 2 aromatic rings. The fourth-order valence-electron chi connectivity index (χ4n) is 1.67. The number of rotatable bonds is 4. The Morgan fingerprint density at radius 2 is 2.18 bits per heavy atom. The Hall–Kier alpha value is -1.62. The molecule has 1 unspecified atom stereocenters. The van der Waals surface area contributed by atoms with Gasteiger partial charge < -0.3 is 15.4 Å². The maximum Gasteiger partial charge on any atom is 0.161 e. The molecule has 3 N–H and O–H groups in total. The van der Waals surface area contributed by atoms with E-state index in [-0.39, 0.29) is 6.04 Å². The summed E-state index contributed by atoms with van der Waals surface area (Å²) in [6.45, 7) is 6.01. The average Bonchev–Trinajstić information content (AvgIpc) is 2.75. The van der Waals surface area contributed by atoms with Gasteiger partial charge in [0.25, 0.3) is 0 Å². The first-order valence-corrected chi connectivity index (χ1v) is 5.91. The Morgan fingerprint density at radius 1 is 1.41 bits per heavy atom. The van der Waals surface area contributed by atoms with Crippen LogP contribution in [0.1, 0.15) is 39.1 Å². The van der Waals surface area contributed by atoms with Gasteiger partial charge in [0.15, 0.2) is 5.82 Å². The Bertz CT molecular complexity index is 506. The van der Waals surface area contributed by atoms with Crippen LogP contribution in [-0.2, 0) is 0 Å². The van der Waals surface area contributed by atoms with E-state index in [2.05, 4.69) is 34.1 Å². The van der Waals surface area contributed by atoms with Crippen molar-refractivity contribution >= 4 is 16.9 Å². The van der Waals surface area contributed by atoms with Gasteiger partial charge in [-0.3, -0.25) is 0 Å². The van der Waals surface area contributed by atoms with E-state index < -0.39 is 6.10 Å². The summed E-state index contributed by atoms with van der Waals surface area (Å²) >= 11 is 0. The van der Waals surface area contributed by atoms with Gasteiger partial charge in [-0.05, 0) is 26.3 Å². The summed E-state index contributed by atoms with van der Waals surface area (Å²) in [4.78, 5) is 11.8. The van der Waals surface area contributed by atoms with E-state index in [0.717, 1.165) is 16.9 Å². The molecule has 0 radical (unpaired) electrons. The van der Waals surface area contributed by atoms with Gasteiger partial charge in [0.05, 0.1) is 5.39 Å². The minimum absolute atomic E-state index is 0.287. The lowest BCUT2D eigenvalue weighted by atomic mass is 10.2. The maximum absolute atomic E-state index is 9.82. The molecule has 2 aromatic heterocycles. The largest absolute Gasteiger partial charge is 0.385 e. The van der Waals surface area contributed by atoms with E-state index in [9.17, 15) is 5.11 Å². The number of nitrogens with zero attached hydrogens (tertiary/aromatic N) is 2. The maximum atomic E-state index is 9.82. The molecular formula is C12H18N4O. The minimum Gasteiger partial charge on any atom is -0.385 e. The van der Waals surface area contributed by atoms with Crippen molar-refractivity contribution in [3.05, 3.63) is 18.1 Å². The number of aromatic amines is 1. The Labute approximate surface area is 100 Å². The van der Waals surface area contributed by atoms with Gasteiger partial charge in [-0.2, -0.15) is 0 Å². The summed E-state index contributed by atoms with van der Waals surface area (Å²) in [5.74, 6) is 1.24. The molecule has 0 saturated heterocycles. The van der Waals surface area contributed by atoms with Gasteiger partial charge in [-0.15, -0.1) is 0 Å². The number of anilines is 1. The first kappa shape index (κ1) is 11.9. The molecule has 5 nitrogen and oxygen atoms in total. The van der Waals surface area contributed by atoms with E-state index in [1.807, 2.05) is 19.2 Å². The number of aliphatic hydroxyl groups excluding tert-OH is 1. The van der Waals surface area contributed by atoms with Crippen LogP contribution in [0.25, 0.3) is 11.0 Å². The van der Waals surface area contributed by atoms with Crippen molar-refractivity contribution in [2.45, 2.75) is 39.3 Å². The molecule has 0 bridgehead atoms. The predicted octanol–water partition coefficient (Wildman–Crippen LogP) is 2.22. The third-order valence-electron chi connectivity index (χ3n) is 2.54. The number of nitrogens with one attached hydrogen (secondary N) is 2. The van der Waals surface area contributed by atoms with Crippen LogP contribution in [0.5, 0.6) is 0 Å². The van der Waals surface area contributed by atoms with Crippen LogP contribution in [0.2, 0.25) is 0 Å². The van der Waals surface area contributed by atoms with Crippen LogP contribution >= 0.6 is 0 Å². The van der Waals surface area contributed by atoms with Gasteiger partial charge in [0, 0.05) is 12.2 Å². The predicted molar refractivity (Wildman–Crippen MR) is 67.9 cm³/mol. The molecule has 0 saturated carbocycles. The van der Waals surface area contributed by atoms with Crippen molar-refractivity contribution in [2.75, 3.05) is 5.32 Å². The van der Waals surface area contributed by atoms with E-state index in [0.29, 0.717) is 12.2 Å². The second-order valence-corrected chi connectivity index (χ2v) is 4.39. The molecule has 0 aliphatic rings. The lowest BCUT2D eigenvalue weighted by Gasteiger charge is -2.13. The summed E-state index contributed by atoms with van der Waals surface area (Å²) in [7, 11) is 0. The molecule has 0 aromatic carbocycles. The van der Waals surface area contributed by atoms with Crippen molar-refractivity contribution in [2.24, 2.45) is 0 Å². The minimum atomic E-state index is -0.615. The normalized spacial score (nSPS) is 13.2. The summed E-state index contributed by atoms with van der Waals surface area (Å²) in [5, 5.41) is 14.0. The monoisotopic (exact) mass is 234 g/mol. The number of hydrogen-bond donors (Lipinski definition) is 3. The zero-order valence-electron chi connectivity index (χ0n) is 10.4. The van der Waals surface area contributed by atoms with Gasteiger partial charge in [-0.1, -0.05) is 6.92 Å². The molecule has 0 fully saturated rings. The van der Waals surface area contributed by atoms with Crippen LogP contribution in [0.4, 0.5) is 5.82 Å². The van der Waals surface area contributed by atoms with Crippen molar-refractivity contribution in [1.82, 2.24) is 15.0 Å². The quantitative estimate of drug-likeness (QED) is 0.758. The second-order valence-electron chi connectivity index (χ2n) is 4.39. The molecule has 0 aliphatic heterocycles. The lowest BCUT2D eigenvalue weighted by Crippen LogP contribution is -2.13. The SMILES string of the molecule is CCC(O)c1nc(NC(C)C)c2cc[nH]c2n1. The zero-order chi connectivity index (χ0) is 12.4. The third-order valence-corrected chi connectivity index (χ3v) is 2.54. The summed E-state index contributed by atoms with van der Waals surface area (Å²) in [5.41, 5.74) is 0.755. The van der Waals surface area contributed by atoms with E-state index >= 15 is 0 Å². The number of fused-ring (bicyclic) bond motifs is 1. The fourth-order valence-corrected chi connectivity index (χ4v) is 1.67. The van der Waals surface area contributed by atoms with Crippen LogP contribution in [-0.4, -0.2) is 26.1 Å². The molecule has 0 amide bonds. The standard InChI is InChI=1S/C12H18N4O/c1-4-9(17)12-15-10-8(5-6-13-10)11(16-12)14-7(2)3/h5-7,9,17H,4H2,1-3H3,(H2,13,14,15,16). The lowest BCUT2D eigenvalue weighted by molar-refractivity contribution is 0.164. The second kappa shape index (κ2) is 4.71. The van der Waals surface area contributed by atoms with Crippen LogP contribution in [0.15, 0.2) is 12.3 Å². The number of aliphatic hydroxyl groups is 1. The van der Waals surface area contributed by atoms with Gasteiger partial charge in [0.2, 0.25) is 0 Å². The highest BCUT2D eigenvalue weighted by atomic mass is 16.3. The summed E-state index contributed by atoms with van der Waals surface area (Å²) in [6, 6.07) is 2.22. The zero-order valence-corrected chi connectivity index (χ0v) is 10.4. The number of hydrogen-bond acceptors (Lipinski definition) is 4. The molecule has 2 heterocycles. The molecule has 5 heteroatoms. The fraction of sp³-hybridized carbons (Fsp3) is 0.500. The molecular weight excluding hydrogens is 216 g/mol. The molecule has 17 heavy (non-hydrogen) atoms. The molecule has 2 rings (SSSR count). The molecule has 0 aliphatic carbocycles. The Balaban J connectivity index is 2.50. The van der Waals surface area contributed by atoms with Gasteiger partial charge >= 0.3 is 0 Å². The molecule has 92 valence electrons. The highest BCUT2D eigenvalue weighted by Crippen LogP contribution is 2.23. The van der Waals surface area contributed by atoms with Crippen molar-refractivity contribution in [3.63, 3.8) is 0 Å².